The molecule has 2 heterocycles. The van der Waals surface area contributed by atoms with E-state index in [-0.39, 0.29) is 5.88 Å². The number of aromatic nitrogens is 2. The minimum atomic E-state index is -0.500. The first-order valence-electron chi connectivity index (χ1n) is 10.8. The summed E-state index contributed by atoms with van der Waals surface area (Å²) in [6.45, 7) is 4.77. The Morgan fingerprint density at radius 1 is 1.18 bits per heavy atom. The van der Waals surface area contributed by atoms with Crippen molar-refractivity contribution >= 4 is 11.6 Å². The number of nitrogens with zero attached hydrogens (tertiary/aromatic N) is 2. The summed E-state index contributed by atoms with van der Waals surface area (Å²) in [6, 6.07) is 15.4. The van der Waals surface area contributed by atoms with Gasteiger partial charge in [0, 0.05) is 16.3 Å². The van der Waals surface area contributed by atoms with E-state index >= 15 is 0 Å². The number of H-pyrrole nitrogens is 1. The number of nitrogens with two attached hydrogens (primary N) is 1. The first-order valence-corrected chi connectivity index (χ1v) is 11.2. The molecule has 1 aliphatic heterocycles. The molecule has 7 nitrogen and oxygen atoms in total. The third kappa shape index (κ3) is 4.48. The molecule has 1 unspecified atom stereocenters. The van der Waals surface area contributed by atoms with Crippen LogP contribution in [-0.4, -0.2) is 16.8 Å². The molecule has 3 aromatic rings. The first kappa shape index (κ1) is 22.6. The molecule has 170 valence electrons. The van der Waals surface area contributed by atoms with Crippen LogP contribution < -0.4 is 19.9 Å². The number of hydrogen-bond donors (Lipinski definition) is 2. The molecule has 0 bridgehead atoms. The summed E-state index contributed by atoms with van der Waals surface area (Å²) >= 11 is 6.02. The standard InChI is InChI=1S/C25H25ClN4O3/c1-3-6-19-22-21(18(13-27)24(28)33-25(22)30-29-19)17-7-5-8-20(31-4-2)23(17)32-14-15-9-11-16(26)12-10-15/h5,7-12,21H,3-4,6,14,28H2,1-2H3,(H,29,30). The number of aromatic amines is 1. The van der Waals surface area contributed by atoms with Crippen LogP contribution in [0.25, 0.3) is 0 Å². The molecule has 2 aromatic carbocycles. The Balaban J connectivity index is 1.83. The van der Waals surface area contributed by atoms with E-state index in [0.29, 0.717) is 41.2 Å². The van der Waals surface area contributed by atoms with E-state index in [9.17, 15) is 5.26 Å². The minimum absolute atomic E-state index is 0.0370. The second-order valence-corrected chi connectivity index (χ2v) is 8.05. The number of nitrogens with one attached hydrogen (secondary N) is 1. The molecule has 0 fully saturated rings. The summed E-state index contributed by atoms with van der Waals surface area (Å²) < 4.78 is 17.9. The summed E-state index contributed by atoms with van der Waals surface area (Å²) in [6.07, 6.45) is 1.66. The number of allylic oxidation sites excluding steroid dienone is 1. The van der Waals surface area contributed by atoms with Gasteiger partial charge in [-0.25, -0.2) is 0 Å². The normalized spacial score (nSPS) is 14.9. The van der Waals surface area contributed by atoms with Crippen LogP contribution >= 0.6 is 11.6 Å². The fraction of sp³-hybridized carbons (Fsp3) is 0.280. The first-order chi connectivity index (χ1) is 16.1. The van der Waals surface area contributed by atoms with Gasteiger partial charge in [0.05, 0.1) is 18.1 Å². The van der Waals surface area contributed by atoms with Gasteiger partial charge in [-0.05, 0) is 37.1 Å². The lowest BCUT2D eigenvalue weighted by Crippen LogP contribution is -2.22. The zero-order chi connectivity index (χ0) is 23.4. The molecule has 1 aliphatic rings. The highest BCUT2D eigenvalue weighted by molar-refractivity contribution is 6.30. The Kier molecular flexibility index (Phi) is 6.76. The predicted molar refractivity (Wildman–Crippen MR) is 125 cm³/mol. The Morgan fingerprint density at radius 2 is 1.97 bits per heavy atom. The van der Waals surface area contributed by atoms with Gasteiger partial charge in [0.15, 0.2) is 11.5 Å². The third-order valence-corrected chi connectivity index (χ3v) is 5.69. The van der Waals surface area contributed by atoms with Gasteiger partial charge in [0.25, 0.3) is 0 Å². The second kappa shape index (κ2) is 9.88. The number of halogens is 1. The number of hydrogen-bond acceptors (Lipinski definition) is 6. The zero-order valence-corrected chi connectivity index (χ0v) is 19.3. The number of fused-ring (bicyclic) bond motifs is 1. The van der Waals surface area contributed by atoms with Crippen LogP contribution in [0.2, 0.25) is 5.02 Å². The number of para-hydroxylation sites is 1. The molecular formula is C25H25ClN4O3. The van der Waals surface area contributed by atoms with Crippen LogP contribution in [0.4, 0.5) is 0 Å². The Morgan fingerprint density at radius 3 is 2.67 bits per heavy atom. The molecule has 0 amide bonds. The highest BCUT2D eigenvalue weighted by atomic mass is 35.5. The molecule has 0 saturated carbocycles. The van der Waals surface area contributed by atoms with E-state index in [0.717, 1.165) is 35.2 Å². The molecule has 1 atom stereocenters. The average molecular weight is 465 g/mol. The van der Waals surface area contributed by atoms with Gasteiger partial charge in [-0.3, -0.25) is 5.10 Å². The second-order valence-electron chi connectivity index (χ2n) is 7.62. The summed E-state index contributed by atoms with van der Waals surface area (Å²) in [5.41, 5.74) is 9.87. The fourth-order valence-corrected chi connectivity index (χ4v) is 4.11. The highest BCUT2D eigenvalue weighted by Gasteiger charge is 2.37. The Hall–Kier alpha value is -3.63. The number of ether oxygens (including phenoxy) is 3. The van der Waals surface area contributed by atoms with E-state index in [1.807, 2.05) is 49.4 Å². The molecule has 3 N–H and O–H groups in total. The number of aryl methyl sites for hydroxylation is 1. The van der Waals surface area contributed by atoms with Crippen molar-refractivity contribution in [3.8, 4) is 23.4 Å². The molecule has 0 spiro atoms. The number of nitriles is 1. The summed E-state index contributed by atoms with van der Waals surface area (Å²) in [4.78, 5) is 0. The summed E-state index contributed by atoms with van der Waals surface area (Å²) in [7, 11) is 0. The zero-order valence-electron chi connectivity index (χ0n) is 18.5. The van der Waals surface area contributed by atoms with Crippen molar-refractivity contribution in [2.45, 2.75) is 39.2 Å². The Labute approximate surface area is 197 Å². The molecule has 1 aromatic heterocycles. The Bertz CT molecular complexity index is 1210. The van der Waals surface area contributed by atoms with Gasteiger partial charge < -0.3 is 19.9 Å². The third-order valence-electron chi connectivity index (χ3n) is 5.43. The van der Waals surface area contributed by atoms with Gasteiger partial charge in [0.1, 0.15) is 18.2 Å². The van der Waals surface area contributed by atoms with Gasteiger partial charge in [0.2, 0.25) is 11.8 Å². The van der Waals surface area contributed by atoms with E-state index < -0.39 is 5.92 Å². The SMILES string of the molecule is CCCc1[nH]nc2c1C(c1cccc(OCC)c1OCc1ccc(Cl)cc1)C(C#N)=C(N)O2. The maximum atomic E-state index is 9.99. The van der Waals surface area contributed by atoms with E-state index in [4.69, 9.17) is 31.5 Å². The quantitative estimate of drug-likeness (QED) is 0.473. The average Bonchev–Trinajstić information content (AvgIpc) is 3.20. The summed E-state index contributed by atoms with van der Waals surface area (Å²) in [5, 5.41) is 18.0. The largest absolute Gasteiger partial charge is 0.490 e. The van der Waals surface area contributed by atoms with Crippen molar-refractivity contribution in [1.29, 1.82) is 5.26 Å². The highest BCUT2D eigenvalue weighted by Crippen LogP contribution is 2.48. The van der Waals surface area contributed by atoms with Gasteiger partial charge in [-0.15, -0.1) is 5.10 Å². The topological polar surface area (TPSA) is 106 Å². The van der Waals surface area contributed by atoms with Crippen molar-refractivity contribution < 1.29 is 14.2 Å². The van der Waals surface area contributed by atoms with Gasteiger partial charge >= 0.3 is 0 Å². The van der Waals surface area contributed by atoms with Crippen molar-refractivity contribution in [3.63, 3.8) is 0 Å². The van der Waals surface area contributed by atoms with Crippen molar-refractivity contribution in [3.05, 3.63) is 81.3 Å². The van der Waals surface area contributed by atoms with E-state index in [1.165, 1.54) is 0 Å². The molecular weight excluding hydrogens is 440 g/mol. The van der Waals surface area contributed by atoms with Crippen LogP contribution in [0.5, 0.6) is 17.4 Å². The van der Waals surface area contributed by atoms with Crippen molar-refractivity contribution in [1.82, 2.24) is 10.2 Å². The number of rotatable bonds is 8. The fourth-order valence-electron chi connectivity index (χ4n) is 3.98. The monoisotopic (exact) mass is 464 g/mol. The lowest BCUT2D eigenvalue weighted by molar-refractivity contribution is 0.266. The molecule has 33 heavy (non-hydrogen) atoms. The maximum Gasteiger partial charge on any atom is 0.244 e. The van der Waals surface area contributed by atoms with Gasteiger partial charge in [-0.2, -0.15) is 5.26 Å². The van der Waals surface area contributed by atoms with Crippen LogP contribution in [-0.2, 0) is 13.0 Å². The smallest absolute Gasteiger partial charge is 0.244 e. The lowest BCUT2D eigenvalue weighted by Gasteiger charge is -2.26. The van der Waals surface area contributed by atoms with Gasteiger partial charge in [-0.1, -0.05) is 49.2 Å². The van der Waals surface area contributed by atoms with Crippen LogP contribution in [0.1, 0.15) is 48.6 Å². The maximum absolute atomic E-state index is 9.99. The lowest BCUT2D eigenvalue weighted by atomic mass is 9.83. The van der Waals surface area contributed by atoms with Crippen LogP contribution in [0, 0.1) is 11.3 Å². The minimum Gasteiger partial charge on any atom is -0.490 e. The molecule has 4 rings (SSSR count). The molecule has 0 aliphatic carbocycles. The molecule has 0 saturated heterocycles. The van der Waals surface area contributed by atoms with E-state index in [1.54, 1.807) is 0 Å². The molecule has 8 heteroatoms. The van der Waals surface area contributed by atoms with Crippen LogP contribution in [0.15, 0.2) is 53.9 Å². The number of benzene rings is 2. The van der Waals surface area contributed by atoms with E-state index in [2.05, 4.69) is 23.2 Å². The molecule has 0 radical (unpaired) electrons. The predicted octanol–water partition coefficient (Wildman–Crippen LogP) is 5.21. The van der Waals surface area contributed by atoms with Crippen molar-refractivity contribution in [2.24, 2.45) is 5.73 Å². The van der Waals surface area contributed by atoms with Crippen LogP contribution in [0.3, 0.4) is 0 Å². The summed E-state index contributed by atoms with van der Waals surface area (Å²) in [5.74, 6) is 1.06. The van der Waals surface area contributed by atoms with Crippen molar-refractivity contribution in [2.75, 3.05) is 6.61 Å².